The Morgan fingerprint density at radius 2 is 2.00 bits per heavy atom. The first-order chi connectivity index (χ1) is 7.56. The number of hydrogen-bond donors (Lipinski definition) is 3. The van der Waals surface area contributed by atoms with Gasteiger partial charge in [0.25, 0.3) is 0 Å². The highest BCUT2D eigenvalue weighted by molar-refractivity contribution is 5.77. The minimum absolute atomic E-state index is 0.207. The van der Waals surface area contributed by atoms with E-state index in [1.807, 2.05) is 26.0 Å². The van der Waals surface area contributed by atoms with Crippen molar-refractivity contribution in [3.05, 3.63) is 47.3 Å². The fourth-order valence-corrected chi connectivity index (χ4v) is 1.86. The summed E-state index contributed by atoms with van der Waals surface area (Å²) in [5, 5.41) is 8.44. The number of nitrogens with one attached hydrogen (secondary N) is 3. The van der Waals surface area contributed by atoms with Gasteiger partial charge in [0.1, 0.15) is 12.0 Å². The van der Waals surface area contributed by atoms with Crippen LogP contribution in [0.25, 0.3) is 0 Å². The molecule has 0 bridgehead atoms. The molecule has 1 fully saturated rings. The van der Waals surface area contributed by atoms with Gasteiger partial charge in [-0.2, -0.15) is 0 Å². The molecule has 1 aromatic carbocycles. The number of hydrogen-bond acceptors (Lipinski definition) is 2. The first-order valence-electron chi connectivity index (χ1n) is 5.16. The maximum absolute atomic E-state index is 11.3. The summed E-state index contributed by atoms with van der Waals surface area (Å²) in [5.41, 5.74) is 3.41. The monoisotopic (exact) mass is 217 g/mol. The van der Waals surface area contributed by atoms with E-state index in [0.29, 0.717) is 5.82 Å². The van der Waals surface area contributed by atoms with Crippen LogP contribution in [-0.2, 0) is 0 Å². The van der Waals surface area contributed by atoms with E-state index in [1.54, 1.807) is 0 Å². The maximum atomic E-state index is 11.3. The molecule has 1 heterocycles. The van der Waals surface area contributed by atoms with Crippen molar-refractivity contribution in [2.24, 2.45) is 0 Å². The Morgan fingerprint density at radius 1 is 1.25 bits per heavy atom. The summed E-state index contributed by atoms with van der Waals surface area (Å²) < 4.78 is 0. The number of urea groups is 1. The van der Waals surface area contributed by atoms with E-state index in [2.05, 4.69) is 28.6 Å². The molecule has 0 aliphatic carbocycles. The van der Waals surface area contributed by atoms with Crippen molar-refractivity contribution in [1.82, 2.24) is 16.0 Å². The Balaban J connectivity index is 2.29. The highest BCUT2D eigenvalue weighted by atomic mass is 16.2. The first-order valence-corrected chi connectivity index (χ1v) is 5.16. The van der Waals surface area contributed by atoms with Gasteiger partial charge in [0.15, 0.2) is 0 Å². The Kier molecular flexibility index (Phi) is 2.56. The third-order valence-electron chi connectivity index (χ3n) is 2.59. The van der Waals surface area contributed by atoms with Crippen LogP contribution >= 0.6 is 0 Å². The Labute approximate surface area is 94.7 Å². The van der Waals surface area contributed by atoms with Crippen molar-refractivity contribution < 1.29 is 4.79 Å². The molecule has 84 valence electrons. The van der Waals surface area contributed by atoms with Crippen molar-refractivity contribution >= 4 is 6.03 Å². The zero-order valence-electron chi connectivity index (χ0n) is 9.42. The molecule has 1 saturated heterocycles. The molecule has 16 heavy (non-hydrogen) atoms. The van der Waals surface area contributed by atoms with E-state index in [0.717, 1.165) is 11.1 Å². The smallest absolute Gasteiger partial charge is 0.322 e. The van der Waals surface area contributed by atoms with Gasteiger partial charge in [-0.3, -0.25) is 5.32 Å². The summed E-state index contributed by atoms with van der Waals surface area (Å²) in [4.78, 5) is 11.3. The van der Waals surface area contributed by atoms with Gasteiger partial charge in [-0.05, 0) is 25.0 Å². The molecule has 3 N–H and O–H groups in total. The summed E-state index contributed by atoms with van der Waals surface area (Å²) >= 11 is 0. The van der Waals surface area contributed by atoms with E-state index in [1.165, 1.54) is 5.56 Å². The molecule has 1 atom stereocenters. The van der Waals surface area contributed by atoms with Crippen LogP contribution in [0, 0.1) is 13.8 Å². The minimum atomic E-state index is -0.228. The second-order valence-corrected chi connectivity index (χ2v) is 4.01. The molecule has 1 unspecified atom stereocenters. The predicted octanol–water partition coefficient (Wildman–Crippen LogP) is 1.68. The van der Waals surface area contributed by atoms with Crippen LogP contribution in [0.4, 0.5) is 4.79 Å². The third-order valence-corrected chi connectivity index (χ3v) is 2.59. The molecule has 2 amide bonds. The molecule has 1 aromatic rings. The lowest BCUT2D eigenvalue weighted by atomic mass is 10.0. The lowest BCUT2D eigenvalue weighted by Gasteiger charge is -2.29. The van der Waals surface area contributed by atoms with Gasteiger partial charge in [0.2, 0.25) is 0 Å². The molecule has 0 aromatic heterocycles. The minimum Gasteiger partial charge on any atom is -0.348 e. The lowest BCUT2D eigenvalue weighted by Crippen LogP contribution is -2.51. The third kappa shape index (κ3) is 2.00. The fourth-order valence-electron chi connectivity index (χ4n) is 1.86. The van der Waals surface area contributed by atoms with Gasteiger partial charge < -0.3 is 10.6 Å². The van der Waals surface area contributed by atoms with Crippen LogP contribution in [0.5, 0.6) is 0 Å². The van der Waals surface area contributed by atoms with Gasteiger partial charge in [-0.1, -0.05) is 30.3 Å². The molecule has 0 radical (unpaired) electrons. The van der Waals surface area contributed by atoms with Gasteiger partial charge in [-0.15, -0.1) is 0 Å². The summed E-state index contributed by atoms with van der Waals surface area (Å²) in [7, 11) is 0. The van der Waals surface area contributed by atoms with Crippen molar-refractivity contribution in [3.63, 3.8) is 0 Å². The largest absolute Gasteiger partial charge is 0.348 e. The number of rotatable bonds is 1. The van der Waals surface area contributed by atoms with Crippen molar-refractivity contribution in [2.75, 3.05) is 0 Å². The standard InChI is InChI=1S/C12H15N3O/c1-7-4-5-10(8(2)6-7)11-13-9(3)14-12(16)15-11/h4-6,11,13H,3H2,1-2H3,(H2,14,15,16). The zero-order valence-corrected chi connectivity index (χ0v) is 9.42. The Hall–Kier alpha value is -1.97. The van der Waals surface area contributed by atoms with Crippen LogP contribution in [0.1, 0.15) is 22.9 Å². The SMILES string of the molecule is C=C1NC(=O)NC(c2ccc(C)cc2C)N1. The van der Waals surface area contributed by atoms with Gasteiger partial charge >= 0.3 is 6.03 Å². The molecule has 1 aliphatic heterocycles. The molecule has 4 nitrogen and oxygen atoms in total. The summed E-state index contributed by atoms with van der Waals surface area (Å²) in [6.07, 6.45) is -0.207. The molecule has 0 spiro atoms. The molecular formula is C12H15N3O. The summed E-state index contributed by atoms with van der Waals surface area (Å²) in [6, 6.07) is 5.91. The number of amides is 2. The van der Waals surface area contributed by atoms with E-state index >= 15 is 0 Å². The average molecular weight is 217 g/mol. The van der Waals surface area contributed by atoms with Gasteiger partial charge in [0, 0.05) is 0 Å². The topological polar surface area (TPSA) is 53.2 Å². The van der Waals surface area contributed by atoms with Crippen LogP contribution in [0.15, 0.2) is 30.6 Å². The van der Waals surface area contributed by atoms with Crippen molar-refractivity contribution in [1.29, 1.82) is 0 Å². The predicted molar refractivity (Wildman–Crippen MR) is 62.6 cm³/mol. The van der Waals surface area contributed by atoms with Crippen LogP contribution < -0.4 is 16.0 Å². The number of carbonyl (C=O) groups excluding carboxylic acids is 1. The Morgan fingerprint density at radius 3 is 2.62 bits per heavy atom. The number of carbonyl (C=O) groups is 1. The van der Waals surface area contributed by atoms with Crippen LogP contribution in [-0.4, -0.2) is 6.03 Å². The Bertz CT molecular complexity index is 438. The van der Waals surface area contributed by atoms with E-state index in [9.17, 15) is 4.79 Å². The summed E-state index contributed by atoms with van der Waals surface area (Å²) in [6.45, 7) is 7.78. The second kappa shape index (κ2) is 3.89. The summed E-state index contributed by atoms with van der Waals surface area (Å²) in [5.74, 6) is 0.522. The molecule has 4 heteroatoms. The van der Waals surface area contributed by atoms with Gasteiger partial charge in [-0.25, -0.2) is 4.79 Å². The van der Waals surface area contributed by atoms with Crippen LogP contribution in [0.3, 0.4) is 0 Å². The second-order valence-electron chi connectivity index (χ2n) is 4.01. The fraction of sp³-hybridized carbons (Fsp3) is 0.250. The zero-order chi connectivity index (χ0) is 11.7. The maximum Gasteiger partial charge on any atom is 0.322 e. The molecule has 0 saturated carbocycles. The van der Waals surface area contributed by atoms with E-state index < -0.39 is 0 Å². The highest BCUT2D eigenvalue weighted by Crippen LogP contribution is 2.19. The number of aryl methyl sites for hydroxylation is 2. The average Bonchev–Trinajstić information content (AvgIpc) is 2.15. The molecular weight excluding hydrogens is 202 g/mol. The lowest BCUT2D eigenvalue weighted by molar-refractivity contribution is 0.230. The van der Waals surface area contributed by atoms with E-state index in [-0.39, 0.29) is 12.2 Å². The molecule has 2 rings (SSSR count). The van der Waals surface area contributed by atoms with Crippen molar-refractivity contribution in [3.8, 4) is 0 Å². The van der Waals surface area contributed by atoms with Crippen LogP contribution in [0.2, 0.25) is 0 Å². The first kappa shape index (κ1) is 10.5. The quantitative estimate of drug-likeness (QED) is 0.670. The molecule has 1 aliphatic rings. The normalized spacial score (nSPS) is 19.8. The highest BCUT2D eigenvalue weighted by Gasteiger charge is 2.21. The van der Waals surface area contributed by atoms with E-state index in [4.69, 9.17) is 0 Å². The number of benzene rings is 1. The van der Waals surface area contributed by atoms with Crippen molar-refractivity contribution in [2.45, 2.75) is 20.0 Å². The van der Waals surface area contributed by atoms with Gasteiger partial charge in [0.05, 0.1) is 0 Å².